The lowest BCUT2D eigenvalue weighted by atomic mass is 10.1. The van der Waals surface area contributed by atoms with Gasteiger partial charge in [0.2, 0.25) is 6.17 Å². The Hall–Kier alpha value is -1.25. The number of nitrogens with one attached hydrogen (secondary N) is 2. The van der Waals surface area contributed by atoms with E-state index in [1.165, 1.54) is 0 Å². The highest BCUT2D eigenvalue weighted by Gasteiger charge is 2.60. The molecule has 0 aliphatic heterocycles. The summed E-state index contributed by atoms with van der Waals surface area (Å²) in [7, 11) is 0. The highest BCUT2D eigenvalue weighted by molar-refractivity contribution is 6.04. The summed E-state index contributed by atoms with van der Waals surface area (Å²) in [5.74, 6) is -4.28. The van der Waals surface area contributed by atoms with Gasteiger partial charge in [0.25, 0.3) is 0 Å². The van der Waals surface area contributed by atoms with Crippen LogP contribution in [0.2, 0.25) is 0 Å². The van der Waals surface area contributed by atoms with Crippen LogP contribution in [0.1, 0.15) is 20.3 Å². The lowest BCUT2D eigenvalue weighted by Crippen LogP contribution is -2.40. The van der Waals surface area contributed by atoms with E-state index in [0.29, 0.717) is 6.42 Å². The van der Waals surface area contributed by atoms with E-state index in [1.807, 2.05) is 0 Å². The highest BCUT2D eigenvalue weighted by Crippen LogP contribution is 2.43. The van der Waals surface area contributed by atoms with Crippen LogP contribution in [0.3, 0.4) is 0 Å². The fourth-order valence-corrected chi connectivity index (χ4v) is 1.91. The quantitative estimate of drug-likeness (QED) is 0.539. The van der Waals surface area contributed by atoms with Crippen molar-refractivity contribution in [3.8, 4) is 0 Å². The second-order valence-electron chi connectivity index (χ2n) is 5.25. The number of allylic oxidation sites excluding steroid dienone is 1. The molecule has 0 bridgehead atoms. The van der Waals surface area contributed by atoms with E-state index < -0.39 is 41.4 Å². The van der Waals surface area contributed by atoms with E-state index in [0.717, 1.165) is 0 Å². The average Bonchev–Trinajstić information content (AvgIpc) is 2.48. The molecule has 3 nitrogen and oxygen atoms in total. The fraction of sp³-hybridized carbons (Fsp3) is 0.750. The first-order chi connectivity index (χ1) is 9.40. The van der Waals surface area contributed by atoms with E-state index in [9.17, 15) is 31.4 Å². The molecule has 2 atom stereocenters. The molecule has 1 aliphatic carbocycles. The number of aliphatic hydroxyl groups is 1. The molecule has 0 amide bonds. The number of hydrogen-bond acceptors (Lipinski definition) is 3. The van der Waals surface area contributed by atoms with Crippen molar-refractivity contribution in [2.24, 2.45) is 5.92 Å². The largest absolute Gasteiger partial charge is 0.433 e. The first-order valence-corrected chi connectivity index (χ1v) is 6.24. The Balaban J connectivity index is 3.12. The molecule has 1 rings (SSSR count). The maximum Gasteiger partial charge on any atom is 0.433 e. The minimum Gasteiger partial charge on any atom is -0.385 e. The number of halogens is 6. The van der Waals surface area contributed by atoms with Crippen molar-refractivity contribution in [3.05, 3.63) is 11.3 Å². The number of rotatable bonds is 5. The molecule has 9 heteroatoms. The maximum absolute atomic E-state index is 13.6. The third kappa shape index (κ3) is 3.50. The summed E-state index contributed by atoms with van der Waals surface area (Å²) < 4.78 is 78.0. The smallest absolute Gasteiger partial charge is 0.385 e. The molecule has 0 aromatic rings. The minimum absolute atomic E-state index is 0.0368. The van der Waals surface area contributed by atoms with E-state index in [4.69, 9.17) is 5.41 Å². The summed E-state index contributed by atoms with van der Waals surface area (Å²) in [6.07, 6.45) is -10.9. The Labute approximate surface area is 117 Å². The zero-order chi connectivity index (χ0) is 16.6. The summed E-state index contributed by atoms with van der Waals surface area (Å²) in [5, 5.41) is 18.3. The van der Waals surface area contributed by atoms with Gasteiger partial charge in [-0.1, -0.05) is 13.8 Å². The van der Waals surface area contributed by atoms with Crippen molar-refractivity contribution in [1.82, 2.24) is 5.32 Å². The van der Waals surface area contributed by atoms with E-state index in [1.54, 1.807) is 13.8 Å². The van der Waals surface area contributed by atoms with Crippen LogP contribution in [-0.2, 0) is 0 Å². The van der Waals surface area contributed by atoms with Gasteiger partial charge >= 0.3 is 12.1 Å². The van der Waals surface area contributed by atoms with Gasteiger partial charge in [0.1, 0.15) is 11.8 Å². The molecule has 0 saturated carbocycles. The number of alkyl halides is 6. The predicted octanol–water partition coefficient (Wildman–Crippen LogP) is 2.81. The summed E-state index contributed by atoms with van der Waals surface area (Å²) >= 11 is 0. The van der Waals surface area contributed by atoms with Crippen LogP contribution in [0.25, 0.3) is 0 Å². The lowest BCUT2D eigenvalue weighted by Gasteiger charge is -2.18. The maximum atomic E-state index is 13.6. The van der Waals surface area contributed by atoms with Gasteiger partial charge in [-0.25, -0.2) is 4.39 Å². The second kappa shape index (κ2) is 5.86. The molecule has 0 fully saturated rings. The molecular weight excluding hydrogens is 302 g/mol. The van der Waals surface area contributed by atoms with Crippen LogP contribution in [0.4, 0.5) is 26.3 Å². The third-order valence-corrected chi connectivity index (χ3v) is 3.11. The number of aliphatic hydroxyl groups excluding tert-OH is 1. The summed E-state index contributed by atoms with van der Waals surface area (Å²) in [6, 6.07) is 0. The SMILES string of the molecule is CC(C)CCNC1=C(C(=N)C(F)(F)F)[C@H](O)C(F)(F)[C@H]1F. The van der Waals surface area contributed by atoms with Crippen molar-refractivity contribution in [2.45, 2.75) is 44.6 Å². The van der Waals surface area contributed by atoms with Gasteiger partial charge in [0.05, 0.1) is 5.70 Å². The summed E-state index contributed by atoms with van der Waals surface area (Å²) in [6.45, 7) is 3.55. The van der Waals surface area contributed by atoms with Crippen molar-refractivity contribution in [2.75, 3.05) is 6.54 Å². The molecule has 21 heavy (non-hydrogen) atoms. The Morgan fingerprint density at radius 3 is 2.33 bits per heavy atom. The summed E-state index contributed by atoms with van der Waals surface area (Å²) in [4.78, 5) is 0. The zero-order valence-corrected chi connectivity index (χ0v) is 11.4. The molecule has 1 aliphatic rings. The van der Waals surface area contributed by atoms with Crippen LogP contribution in [-0.4, -0.2) is 41.7 Å². The molecule has 3 N–H and O–H groups in total. The Morgan fingerprint density at radius 1 is 1.38 bits per heavy atom. The molecule has 0 radical (unpaired) electrons. The molecule has 0 aromatic heterocycles. The highest BCUT2D eigenvalue weighted by atomic mass is 19.4. The molecule has 0 unspecified atom stereocenters. The van der Waals surface area contributed by atoms with Gasteiger partial charge in [-0.2, -0.15) is 22.0 Å². The van der Waals surface area contributed by atoms with Crippen LogP contribution in [0.15, 0.2) is 11.3 Å². The van der Waals surface area contributed by atoms with Crippen molar-refractivity contribution in [1.29, 1.82) is 5.41 Å². The van der Waals surface area contributed by atoms with Gasteiger partial charge in [0.15, 0.2) is 0 Å². The van der Waals surface area contributed by atoms with Crippen molar-refractivity contribution < 1.29 is 31.4 Å². The normalized spacial score (nSPS) is 25.6. The van der Waals surface area contributed by atoms with Crippen LogP contribution in [0, 0.1) is 11.3 Å². The molecule has 0 spiro atoms. The number of hydrogen-bond donors (Lipinski definition) is 3. The Morgan fingerprint density at radius 2 is 1.90 bits per heavy atom. The van der Waals surface area contributed by atoms with Gasteiger partial charge in [-0.15, -0.1) is 0 Å². The molecular formula is C12H16F6N2O. The molecule has 0 heterocycles. The first-order valence-electron chi connectivity index (χ1n) is 6.24. The Kier molecular flexibility index (Phi) is 4.97. The molecule has 0 saturated heterocycles. The van der Waals surface area contributed by atoms with Gasteiger partial charge in [-0.05, 0) is 12.3 Å². The second-order valence-corrected chi connectivity index (χ2v) is 5.25. The monoisotopic (exact) mass is 318 g/mol. The van der Waals surface area contributed by atoms with Crippen LogP contribution < -0.4 is 5.32 Å². The van der Waals surface area contributed by atoms with Crippen LogP contribution >= 0.6 is 0 Å². The van der Waals surface area contributed by atoms with Crippen LogP contribution in [0.5, 0.6) is 0 Å². The topological polar surface area (TPSA) is 56.1 Å². The molecule has 0 aromatic carbocycles. The molecule has 122 valence electrons. The van der Waals surface area contributed by atoms with E-state index >= 15 is 0 Å². The van der Waals surface area contributed by atoms with Gasteiger partial charge in [-0.3, -0.25) is 5.41 Å². The van der Waals surface area contributed by atoms with Gasteiger partial charge < -0.3 is 10.4 Å². The van der Waals surface area contributed by atoms with E-state index in [-0.39, 0.29) is 12.5 Å². The zero-order valence-electron chi connectivity index (χ0n) is 11.4. The standard InChI is InChI=1S/C12H16F6N2O/c1-5(2)3-4-20-7-6(9(19)12(16,17)18)10(21)11(14,15)8(7)13/h5,8,10,19-21H,3-4H2,1-2H3/t8-,10-/m0/s1. The summed E-state index contributed by atoms with van der Waals surface area (Å²) in [5.41, 5.74) is -4.65. The fourth-order valence-electron chi connectivity index (χ4n) is 1.91. The average molecular weight is 318 g/mol. The lowest BCUT2D eigenvalue weighted by molar-refractivity contribution is -0.117. The minimum atomic E-state index is -5.25. The first kappa shape index (κ1) is 17.8. The third-order valence-electron chi connectivity index (χ3n) is 3.11. The van der Waals surface area contributed by atoms with Crippen molar-refractivity contribution >= 4 is 5.71 Å². The predicted molar refractivity (Wildman–Crippen MR) is 64.1 cm³/mol. The van der Waals surface area contributed by atoms with E-state index in [2.05, 4.69) is 5.32 Å². The Bertz CT molecular complexity index is 444. The van der Waals surface area contributed by atoms with Gasteiger partial charge in [0, 0.05) is 12.1 Å². The van der Waals surface area contributed by atoms with Crippen molar-refractivity contribution in [3.63, 3.8) is 0 Å².